The summed E-state index contributed by atoms with van der Waals surface area (Å²) in [5, 5.41) is 14.4. The summed E-state index contributed by atoms with van der Waals surface area (Å²) in [6.07, 6.45) is 3.56. The van der Waals surface area contributed by atoms with Crippen LogP contribution in [0, 0.1) is 0 Å². The van der Waals surface area contributed by atoms with Crippen molar-refractivity contribution in [2.24, 2.45) is 0 Å². The summed E-state index contributed by atoms with van der Waals surface area (Å²) >= 11 is 0. The highest BCUT2D eigenvalue weighted by Crippen LogP contribution is 2.36. The number of anilines is 1. The van der Waals surface area contributed by atoms with Gasteiger partial charge in [-0.15, -0.1) is 0 Å². The van der Waals surface area contributed by atoms with E-state index in [1.807, 2.05) is 80.7 Å². The summed E-state index contributed by atoms with van der Waals surface area (Å²) in [6, 6.07) is 34.5. The Morgan fingerprint density at radius 2 is 1.54 bits per heavy atom. The third-order valence-electron chi connectivity index (χ3n) is 8.68. The standard InChI is InChI=1S/C39H46N2O5/c1-3-44-39(43)33-16-14-31(15-17-33)32-18-20-34(21-19-32)41(25-29-10-6-4-7-11-29)26-35(42)28-45-36-22-23-38(37(24-36)40-2)46-27-30-12-8-5-9-13-30/h4-17,22-24,32,34-35,40,42H,3,18-21,25-28H2,1-2H3. The molecule has 0 heterocycles. The van der Waals surface area contributed by atoms with Gasteiger partial charge in [-0.1, -0.05) is 72.8 Å². The Morgan fingerprint density at radius 3 is 2.20 bits per heavy atom. The van der Waals surface area contributed by atoms with Crippen LogP contribution < -0.4 is 14.8 Å². The smallest absolute Gasteiger partial charge is 0.338 e. The predicted octanol–water partition coefficient (Wildman–Crippen LogP) is 7.45. The molecule has 2 N–H and O–H groups in total. The maximum atomic E-state index is 12.1. The van der Waals surface area contributed by atoms with Crippen LogP contribution in [0.3, 0.4) is 0 Å². The van der Waals surface area contributed by atoms with E-state index in [-0.39, 0.29) is 12.6 Å². The summed E-state index contributed by atoms with van der Waals surface area (Å²) in [5.74, 6) is 1.61. The molecule has 1 fully saturated rings. The third kappa shape index (κ3) is 9.35. The van der Waals surface area contributed by atoms with E-state index in [0.29, 0.717) is 43.0 Å². The van der Waals surface area contributed by atoms with Crippen molar-refractivity contribution >= 4 is 11.7 Å². The third-order valence-corrected chi connectivity index (χ3v) is 8.68. The topological polar surface area (TPSA) is 80.3 Å². The first-order chi connectivity index (χ1) is 22.5. The van der Waals surface area contributed by atoms with E-state index in [0.717, 1.165) is 49.2 Å². The quantitative estimate of drug-likeness (QED) is 0.133. The Balaban J connectivity index is 1.17. The number of hydrogen-bond donors (Lipinski definition) is 2. The van der Waals surface area contributed by atoms with Gasteiger partial charge in [0, 0.05) is 32.2 Å². The fraction of sp³-hybridized carbons (Fsp3) is 0.359. The number of aliphatic hydroxyl groups excluding tert-OH is 1. The maximum Gasteiger partial charge on any atom is 0.338 e. The minimum atomic E-state index is -0.649. The summed E-state index contributed by atoms with van der Waals surface area (Å²) in [4.78, 5) is 14.5. The number of rotatable bonds is 15. The summed E-state index contributed by atoms with van der Waals surface area (Å²) in [7, 11) is 1.86. The lowest BCUT2D eigenvalue weighted by atomic mass is 9.81. The Morgan fingerprint density at radius 1 is 0.870 bits per heavy atom. The Kier molecular flexibility index (Phi) is 12.1. The van der Waals surface area contributed by atoms with Crippen molar-refractivity contribution in [3.05, 3.63) is 125 Å². The average molecular weight is 623 g/mol. The average Bonchev–Trinajstić information content (AvgIpc) is 3.11. The minimum Gasteiger partial charge on any atom is -0.491 e. The molecule has 7 nitrogen and oxygen atoms in total. The second kappa shape index (κ2) is 16.8. The molecule has 1 aliphatic rings. The van der Waals surface area contributed by atoms with Crippen molar-refractivity contribution in [1.29, 1.82) is 0 Å². The number of ether oxygens (including phenoxy) is 3. The zero-order valence-electron chi connectivity index (χ0n) is 26.9. The molecule has 1 atom stereocenters. The van der Waals surface area contributed by atoms with Gasteiger partial charge in [0.2, 0.25) is 0 Å². The summed E-state index contributed by atoms with van der Waals surface area (Å²) in [5.41, 5.74) is 5.04. The Bertz CT molecular complexity index is 1490. The van der Waals surface area contributed by atoms with Crippen LogP contribution in [0.5, 0.6) is 11.5 Å². The predicted molar refractivity (Wildman–Crippen MR) is 183 cm³/mol. The normalized spacial score (nSPS) is 16.9. The van der Waals surface area contributed by atoms with Crippen LogP contribution in [-0.2, 0) is 17.9 Å². The molecule has 1 saturated carbocycles. The van der Waals surface area contributed by atoms with E-state index in [4.69, 9.17) is 14.2 Å². The number of benzene rings is 4. The van der Waals surface area contributed by atoms with E-state index in [1.54, 1.807) is 0 Å². The lowest BCUT2D eigenvalue weighted by Crippen LogP contribution is -2.43. The molecular formula is C39H46N2O5. The molecule has 0 bridgehead atoms. The van der Waals surface area contributed by atoms with Gasteiger partial charge in [0.1, 0.15) is 30.8 Å². The van der Waals surface area contributed by atoms with Crippen molar-refractivity contribution in [1.82, 2.24) is 4.90 Å². The van der Waals surface area contributed by atoms with Crippen LogP contribution in [0.1, 0.15) is 65.6 Å². The first-order valence-electron chi connectivity index (χ1n) is 16.4. The molecule has 0 aliphatic heterocycles. The lowest BCUT2D eigenvalue weighted by Gasteiger charge is -2.38. The highest BCUT2D eigenvalue weighted by Gasteiger charge is 2.28. The summed E-state index contributed by atoms with van der Waals surface area (Å²) in [6.45, 7) is 4.17. The first kappa shape index (κ1) is 33.0. The van der Waals surface area contributed by atoms with Gasteiger partial charge < -0.3 is 24.6 Å². The van der Waals surface area contributed by atoms with Crippen LogP contribution in [-0.4, -0.2) is 54.9 Å². The molecule has 0 saturated heterocycles. The molecular weight excluding hydrogens is 576 g/mol. The minimum absolute atomic E-state index is 0.195. The number of nitrogens with one attached hydrogen (secondary N) is 1. The monoisotopic (exact) mass is 622 g/mol. The van der Waals surface area contributed by atoms with Crippen molar-refractivity contribution in [2.75, 3.05) is 32.1 Å². The Labute approximate surface area is 273 Å². The number of aliphatic hydroxyl groups is 1. The molecule has 4 aromatic carbocycles. The van der Waals surface area contributed by atoms with Gasteiger partial charge in [0.25, 0.3) is 0 Å². The van der Waals surface area contributed by atoms with Gasteiger partial charge in [-0.05, 0) is 79.5 Å². The molecule has 46 heavy (non-hydrogen) atoms. The molecule has 242 valence electrons. The van der Waals surface area contributed by atoms with Gasteiger partial charge in [0.15, 0.2) is 0 Å². The number of carbonyl (C=O) groups excluding carboxylic acids is 1. The zero-order chi connectivity index (χ0) is 32.1. The van der Waals surface area contributed by atoms with Crippen molar-refractivity contribution in [2.45, 2.75) is 63.8 Å². The van der Waals surface area contributed by atoms with Crippen LogP contribution in [0.15, 0.2) is 103 Å². The fourth-order valence-electron chi connectivity index (χ4n) is 6.21. The molecule has 0 radical (unpaired) electrons. The number of carbonyl (C=O) groups is 1. The number of esters is 1. The highest BCUT2D eigenvalue weighted by molar-refractivity contribution is 5.89. The molecule has 4 aromatic rings. The van der Waals surface area contributed by atoms with Gasteiger partial charge in [-0.25, -0.2) is 4.79 Å². The first-order valence-corrected chi connectivity index (χ1v) is 16.4. The van der Waals surface area contributed by atoms with Gasteiger partial charge in [-0.2, -0.15) is 0 Å². The van der Waals surface area contributed by atoms with Crippen molar-refractivity contribution in [3.63, 3.8) is 0 Å². The number of nitrogens with zero attached hydrogens (tertiary/aromatic N) is 1. The molecule has 5 rings (SSSR count). The van der Waals surface area contributed by atoms with E-state index in [1.165, 1.54) is 11.1 Å². The number of hydrogen-bond acceptors (Lipinski definition) is 7. The second-order valence-corrected chi connectivity index (χ2v) is 11.9. The van der Waals surface area contributed by atoms with Crippen LogP contribution in [0.25, 0.3) is 0 Å². The van der Waals surface area contributed by atoms with E-state index in [2.05, 4.69) is 46.6 Å². The molecule has 0 amide bonds. The summed E-state index contributed by atoms with van der Waals surface area (Å²) < 4.78 is 17.2. The van der Waals surface area contributed by atoms with Crippen LogP contribution in [0.2, 0.25) is 0 Å². The van der Waals surface area contributed by atoms with Gasteiger partial charge >= 0.3 is 5.97 Å². The maximum absolute atomic E-state index is 12.1. The lowest BCUT2D eigenvalue weighted by molar-refractivity contribution is 0.0384. The second-order valence-electron chi connectivity index (χ2n) is 11.9. The highest BCUT2D eigenvalue weighted by atomic mass is 16.5. The SMILES string of the molecule is CCOC(=O)c1ccc(C2CCC(N(Cc3ccccc3)CC(O)COc3ccc(OCc4ccccc4)c(NC)c3)CC2)cc1. The van der Waals surface area contributed by atoms with E-state index in [9.17, 15) is 9.90 Å². The largest absolute Gasteiger partial charge is 0.491 e. The molecule has 0 spiro atoms. The van der Waals surface area contributed by atoms with E-state index < -0.39 is 6.10 Å². The van der Waals surface area contributed by atoms with Crippen molar-refractivity contribution in [3.8, 4) is 11.5 Å². The van der Waals surface area contributed by atoms with Gasteiger partial charge in [-0.3, -0.25) is 4.90 Å². The van der Waals surface area contributed by atoms with Crippen LogP contribution >= 0.6 is 0 Å². The molecule has 1 aliphatic carbocycles. The fourth-order valence-corrected chi connectivity index (χ4v) is 6.21. The van der Waals surface area contributed by atoms with Crippen LogP contribution in [0.4, 0.5) is 5.69 Å². The van der Waals surface area contributed by atoms with Crippen molar-refractivity contribution < 1.29 is 24.1 Å². The Hall–Kier alpha value is -4.33. The molecule has 7 heteroatoms. The molecule has 0 aromatic heterocycles. The molecule has 1 unspecified atom stereocenters. The zero-order valence-corrected chi connectivity index (χ0v) is 26.9. The van der Waals surface area contributed by atoms with Gasteiger partial charge in [0.05, 0.1) is 17.9 Å². The van der Waals surface area contributed by atoms with E-state index >= 15 is 0 Å².